The summed E-state index contributed by atoms with van der Waals surface area (Å²) in [5.41, 5.74) is 1.12. The van der Waals surface area contributed by atoms with Gasteiger partial charge in [0.1, 0.15) is 17.6 Å². The third-order valence-corrected chi connectivity index (χ3v) is 2.68. The maximum Gasteiger partial charge on any atom is 0.128 e. The Bertz CT molecular complexity index is 485. The average Bonchev–Trinajstić information content (AvgIpc) is 2.78. The second kappa shape index (κ2) is 5.48. The van der Waals surface area contributed by atoms with Crippen LogP contribution in [0, 0.1) is 6.92 Å². The SMILES string of the molecule is CC[C@@H](/N=C/c1ccccc1)c1ccc(C)o1. The van der Waals surface area contributed by atoms with E-state index in [0.29, 0.717) is 0 Å². The molecule has 0 N–H and O–H groups in total. The molecular formula is C15H17NO. The van der Waals surface area contributed by atoms with Gasteiger partial charge in [0.15, 0.2) is 0 Å². The lowest BCUT2D eigenvalue weighted by Gasteiger charge is -2.05. The van der Waals surface area contributed by atoms with Gasteiger partial charge in [-0.1, -0.05) is 37.3 Å². The molecule has 2 rings (SSSR count). The van der Waals surface area contributed by atoms with Gasteiger partial charge in [0.2, 0.25) is 0 Å². The number of rotatable bonds is 4. The van der Waals surface area contributed by atoms with E-state index < -0.39 is 0 Å². The van der Waals surface area contributed by atoms with Crippen molar-refractivity contribution < 1.29 is 4.42 Å². The summed E-state index contributed by atoms with van der Waals surface area (Å²) in [4.78, 5) is 4.58. The molecule has 1 heterocycles. The van der Waals surface area contributed by atoms with Crippen LogP contribution in [0.4, 0.5) is 0 Å². The zero-order valence-electron chi connectivity index (χ0n) is 10.3. The van der Waals surface area contributed by atoms with E-state index in [-0.39, 0.29) is 6.04 Å². The molecule has 1 atom stereocenters. The van der Waals surface area contributed by atoms with E-state index in [9.17, 15) is 0 Å². The summed E-state index contributed by atoms with van der Waals surface area (Å²) >= 11 is 0. The minimum atomic E-state index is 0.115. The van der Waals surface area contributed by atoms with E-state index in [4.69, 9.17) is 4.42 Å². The van der Waals surface area contributed by atoms with E-state index in [1.165, 1.54) is 0 Å². The highest BCUT2D eigenvalue weighted by atomic mass is 16.3. The first kappa shape index (κ1) is 11.6. The Hall–Kier alpha value is -1.83. The third kappa shape index (κ3) is 3.06. The van der Waals surface area contributed by atoms with Gasteiger partial charge in [-0.25, -0.2) is 0 Å². The summed E-state index contributed by atoms with van der Waals surface area (Å²) in [6.07, 6.45) is 2.85. The van der Waals surface area contributed by atoms with Gasteiger partial charge in [0.05, 0.1) is 0 Å². The van der Waals surface area contributed by atoms with Crippen molar-refractivity contribution in [1.82, 2.24) is 0 Å². The number of aryl methyl sites for hydroxylation is 1. The molecule has 0 saturated carbocycles. The zero-order valence-corrected chi connectivity index (χ0v) is 10.3. The summed E-state index contributed by atoms with van der Waals surface area (Å²) < 4.78 is 5.61. The van der Waals surface area contributed by atoms with Crippen molar-refractivity contribution in [3.05, 3.63) is 59.5 Å². The maximum atomic E-state index is 5.61. The Labute approximate surface area is 102 Å². The number of benzene rings is 1. The smallest absolute Gasteiger partial charge is 0.128 e. The normalized spacial score (nSPS) is 13.1. The van der Waals surface area contributed by atoms with E-state index in [0.717, 1.165) is 23.5 Å². The second-order valence-corrected chi connectivity index (χ2v) is 4.06. The van der Waals surface area contributed by atoms with Crippen LogP contribution in [0.25, 0.3) is 0 Å². The van der Waals surface area contributed by atoms with Gasteiger partial charge in [0, 0.05) is 6.21 Å². The van der Waals surface area contributed by atoms with Gasteiger partial charge in [-0.2, -0.15) is 0 Å². The van der Waals surface area contributed by atoms with Crippen molar-refractivity contribution in [2.45, 2.75) is 26.3 Å². The van der Waals surface area contributed by atoms with Crippen molar-refractivity contribution in [1.29, 1.82) is 0 Å². The Morgan fingerprint density at radius 2 is 1.94 bits per heavy atom. The number of hydrogen-bond acceptors (Lipinski definition) is 2. The molecule has 0 unspecified atom stereocenters. The summed E-state index contributed by atoms with van der Waals surface area (Å²) in [5, 5.41) is 0. The summed E-state index contributed by atoms with van der Waals surface area (Å²) in [7, 11) is 0. The Morgan fingerprint density at radius 3 is 2.53 bits per heavy atom. The van der Waals surface area contributed by atoms with Crippen LogP contribution in [-0.2, 0) is 0 Å². The molecule has 17 heavy (non-hydrogen) atoms. The number of hydrogen-bond donors (Lipinski definition) is 0. The highest BCUT2D eigenvalue weighted by Crippen LogP contribution is 2.22. The van der Waals surface area contributed by atoms with Crippen LogP contribution in [0.2, 0.25) is 0 Å². The number of furan rings is 1. The predicted molar refractivity (Wildman–Crippen MR) is 70.5 cm³/mol. The van der Waals surface area contributed by atoms with Crippen molar-refractivity contribution in [3.63, 3.8) is 0 Å². The summed E-state index contributed by atoms with van der Waals surface area (Å²) in [5.74, 6) is 1.88. The van der Waals surface area contributed by atoms with Crippen LogP contribution in [0.15, 0.2) is 51.9 Å². The molecule has 1 aromatic heterocycles. The highest BCUT2D eigenvalue weighted by Gasteiger charge is 2.10. The van der Waals surface area contributed by atoms with Gasteiger partial charge in [-0.05, 0) is 31.0 Å². The zero-order chi connectivity index (χ0) is 12.1. The van der Waals surface area contributed by atoms with E-state index >= 15 is 0 Å². The van der Waals surface area contributed by atoms with Gasteiger partial charge in [-0.3, -0.25) is 4.99 Å². The molecule has 0 amide bonds. The Balaban J connectivity index is 2.13. The van der Waals surface area contributed by atoms with Crippen molar-refractivity contribution in [2.24, 2.45) is 4.99 Å². The average molecular weight is 227 g/mol. The molecule has 0 radical (unpaired) electrons. The van der Waals surface area contributed by atoms with Crippen molar-refractivity contribution in [2.75, 3.05) is 0 Å². The first-order chi connectivity index (χ1) is 8.29. The minimum Gasteiger partial charge on any atom is -0.464 e. The third-order valence-electron chi connectivity index (χ3n) is 2.68. The van der Waals surface area contributed by atoms with Crippen LogP contribution >= 0.6 is 0 Å². The molecule has 0 aliphatic rings. The monoisotopic (exact) mass is 227 g/mol. The molecule has 88 valence electrons. The molecule has 2 nitrogen and oxygen atoms in total. The van der Waals surface area contributed by atoms with Crippen LogP contribution < -0.4 is 0 Å². The molecular weight excluding hydrogens is 210 g/mol. The lowest BCUT2D eigenvalue weighted by atomic mass is 10.2. The first-order valence-corrected chi connectivity index (χ1v) is 5.94. The molecule has 0 aliphatic heterocycles. The molecule has 0 bridgehead atoms. The van der Waals surface area contributed by atoms with E-state index in [2.05, 4.69) is 11.9 Å². The molecule has 2 aromatic rings. The van der Waals surface area contributed by atoms with E-state index in [1.807, 2.05) is 55.6 Å². The summed E-state index contributed by atoms with van der Waals surface area (Å²) in [6, 6.07) is 14.2. The molecule has 1 aromatic carbocycles. The molecule has 2 heteroatoms. The largest absolute Gasteiger partial charge is 0.464 e. The topological polar surface area (TPSA) is 25.5 Å². The molecule has 0 fully saturated rings. The lowest BCUT2D eigenvalue weighted by molar-refractivity contribution is 0.443. The molecule has 0 saturated heterocycles. The fourth-order valence-electron chi connectivity index (χ4n) is 1.73. The fourth-order valence-corrected chi connectivity index (χ4v) is 1.73. The summed E-state index contributed by atoms with van der Waals surface area (Å²) in [6.45, 7) is 4.07. The maximum absolute atomic E-state index is 5.61. The van der Waals surface area contributed by atoms with Crippen LogP contribution in [0.3, 0.4) is 0 Å². The van der Waals surface area contributed by atoms with Crippen LogP contribution in [-0.4, -0.2) is 6.21 Å². The predicted octanol–water partition coefficient (Wildman–Crippen LogP) is 4.16. The van der Waals surface area contributed by atoms with Crippen molar-refractivity contribution >= 4 is 6.21 Å². The number of aliphatic imine (C=N–C) groups is 1. The fraction of sp³-hybridized carbons (Fsp3) is 0.267. The van der Waals surface area contributed by atoms with Crippen molar-refractivity contribution in [3.8, 4) is 0 Å². The molecule has 0 spiro atoms. The van der Waals surface area contributed by atoms with Gasteiger partial charge in [0.25, 0.3) is 0 Å². The van der Waals surface area contributed by atoms with Gasteiger partial charge in [-0.15, -0.1) is 0 Å². The Kier molecular flexibility index (Phi) is 3.76. The van der Waals surface area contributed by atoms with Crippen LogP contribution in [0.1, 0.15) is 36.5 Å². The first-order valence-electron chi connectivity index (χ1n) is 5.94. The molecule has 0 aliphatic carbocycles. The highest BCUT2D eigenvalue weighted by molar-refractivity contribution is 5.79. The number of nitrogens with zero attached hydrogens (tertiary/aromatic N) is 1. The minimum absolute atomic E-state index is 0.115. The van der Waals surface area contributed by atoms with E-state index in [1.54, 1.807) is 0 Å². The van der Waals surface area contributed by atoms with Gasteiger partial charge < -0.3 is 4.42 Å². The second-order valence-electron chi connectivity index (χ2n) is 4.06. The lowest BCUT2D eigenvalue weighted by Crippen LogP contribution is -1.92. The quantitative estimate of drug-likeness (QED) is 0.720. The Morgan fingerprint density at radius 1 is 1.18 bits per heavy atom. The van der Waals surface area contributed by atoms with Gasteiger partial charge >= 0.3 is 0 Å². The van der Waals surface area contributed by atoms with Crippen LogP contribution in [0.5, 0.6) is 0 Å². The standard InChI is InChI=1S/C15H17NO/c1-3-14(15-10-9-12(2)17-15)16-11-13-7-5-4-6-8-13/h4-11,14H,3H2,1-2H3/b16-11+/t14-/m1/s1.